The molecule has 2 rings (SSSR count). The second-order valence-electron chi connectivity index (χ2n) is 6.26. The van der Waals surface area contributed by atoms with Crippen LogP contribution in [0, 0.1) is 5.41 Å². The van der Waals surface area contributed by atoms with Crippen molar-refractivity contribution in [1.82, 2.24) is 10.2 Å². The van der Waals surface area contributed by atoms with Gasteiger partial charge in [-0.2, -0.15) is 0 Å². The van der Waals surface area contributed by atoms with E-state index in [2.05, 4.69) is 12.2 Å². The van der Waals surface area contributed by atoms with Crippen LogP contribution in [0.1, 0.15) is 34.1 Å². The second kappa shape index (κ2) is 3.62. The molecule has 2 unspecified atom stereocenters. The minimum absolute atomic E-state index is 0.178. The number of likely N-dealkylation sites (tertiary alicyclic amines) is 1. The smallest absolute Gasteiger partial charge is 0.410 e. The van der Waals surface area contributed by atoms with Gasteiger partial charge >= 0.3 is 6.09 Å². The maximum atomic E-state index is 11.9. The van der Waals surface area contributed by atoms with Crippen molar-refractivity contribution in [2.24, 2.45) is 5.41 Å². The summed E-state index contributed by atoms with van der Waals surface area (Å²) in [5.41, 5.74) is 0.00336. The average Bonchev–Trinajstić information content (AvgIpc) is 2.10. The minimum Gasteiger partial charge on any atom is -0.444 e. The van der Waals surface area contributed by atoms with Crippen molar-refractivity contribution in [3.8, 4) is 0 Å². The molecule has 1 N–H and O–H groups in total. The molecule has 0 bridgehead atoms. The highest BCUT2D eigenvalue weighted by molar-refractivity contribution is 5.68. The highest BCUT2D eigenvalue weighted by Crippen LogP contribution is 2.37. The van der Waals surface area contributed by atoms with E-state index in [0.29, 0.717) is 11.5 Å². The summed E-state index contributed by atoms with van der Waals surface area (Å²) >= 11 is 0. The van der Waals surface area contributed by atoms with Crippen LogP contribution in [-0.4, -0.2) is 42.3 Å². The molecule has 92 valence electrons. The maximum Gasteiger partial charge on any atom is 0.410 e. The molecule has 0 aliphatic carbocycles. The van der Waals surface area contributed by atoms with Crippen molar-refractivity contribution in [3.63, 3.8) is 0 Å². The molecule has 2 saturated heterocycles. The molecule has 0 aromatic heterocycles. The third-order valence-electron chi connectivity index (χ3n) is 3.60. The molecule has 0 aromatic carbocycles. The Morgan fingerprint density at radius 3 is 2.62 bits per heavy atom. The van der Waals surface area contributed by atoms with Gasteiger partial charge in [0.05, 0.1) is 0 Å². The molecule has 2 aliphatic heterocycles. The first-order valence-electron chi connectivity index (χ1n) is 6.01. The Hall–Kier alpha value is -0.770. The zero-order valence-corrected chi connectivity index (χ0v) is 10.7. The van der Waals surface area contributed by atoms with Crippen LogP contribution in [0.3, 0.4) is 0 Å². The summed E-state index contributed by atoms with van der Waals surface area (Å²) in [6.45, 7) is 10.7. The van der Waals surface area contributed by atoms with Gasteiger partial charge in [-0.1, -0.05) is 6.92 Å². The number of hydrogen-bond donors (Lipinski definition) is 1. The molecule has 2 heterocycles. The number of hydrogen-bond acceptors (Lipinski definition) is 3. The van der Waals surface area contributed by atoms with Gasteiger partial charge in [0.2, 0.25) is 0 Å². The Kier molecular flexibility index (Phi) is 2.65. The Morgan fingerprint density at radius 2 is 2.19 bits per heavy atom. The highest BCUT2D eigenvalue weighted by Gasteiger charge is 2.47. The average molecular weight is 226 g/mol. The number of piperidine rings is 1. The molecular weight excluding hydrogens is 204 g/mol. The van der Waals surface area contributed by atoms with Gasteiger partial charge in [0, 0.05) is 25.7 Å². The molecule has 2 atom stereocenters. The molecule has 0 radical (unpaired) electrons. The van der Waals surface area contributed by atoms with Crippen molar-refractivity contribution >= 4 is 6.09 Å². The van der Waals surface area contributed by atoms with Crippen LogP contribution in [0.15, 0.2) is 0 Å². The summed E-state index contributed by atoms with van der Waals surface area (Å²) < 4.78 is 5.38. The number of ether oxygens (including phenoxy) is 1. The van der Waals surface area contributed by atoms with E-state index in [-0.39, 0.29) is 6.09 Å². The predicted octanol–water partition coefficient (Wildman–Crippen LogP) is 1.61. The molecule has 4 nitrogen and oxygen atoms in total. The van der Waals surface area contributed by atoms with Crippen molar-refractivity contribution < 1.29 is 9.53 Å². The molecule has 2 aliphatic rings. The molecule has 16 heavy (non-hydrogen) atoms. The normalized spacial score (nSPS) is 34.0. The minimum atomic E-state index is -0.398. The first kappa shape index (κ1) is 11.7. The summed E-state index contributed by atoms with van der Waals surface area (Å²) in [4.78, 5) is 13.7. The fraction of sp³-hybridized carbons (Fsp3) is 0.917. The Bertz CT molecular complexity index is 298. The molecule has 0 aromatic rings. The standard InChI is InChI=1S/C12H22N2O2/c1-11(2,3)16-10(15)14-6-5-12(4)8-13-9(12)7-14/h9,13H,5-8H2,1-4H3. The third-order valence-corrected chi connectivity index (χ3v) is 3.60. The number of nitrogens with zero attached hydrogens (tertiary/aromatic N) is 1. The predicted molar refractivity (Wildman–Crippen MR) is 62.3 cm³/mol. The zero-order chi connectivity index (χ0) is 12.0. The van der Waals surface area contributed by atoms with Crippen LogP contribution < -0.4 is 5.32 Å². The molecule has 0 saturated carbocycles. The van der Waals surface area contributed by atoms with Gasteiger partial charge < -0.3 is 15.0 Å². The lowest BCUT2D eigenvalue weighted by molar-refractivity contribution is -0.0197. The number of amides is 1. The van der Waals surface area contributed by atoms with E-state index in [1.807, 2.05) is 25.7 Å². The quantitative estimate of drug-likeness (QED) is 0.682. The lowest BCUT2D eigenvalue weighted by Crippen LogP contribution is -2.69. The SMILES string of the molecule is CC(C)(C)OC(=O)N1CCC2(C)CNC2C1. The van der Waals surface area contributed by atoms with Crippen LogP contribution >= 0.6 is 0 Å². The van der Waals surface area contributed by atoms with Crippen molar-refractivity contribution in [2.45, 2.75) is 45.8 Å². The summed E-state index contributed by atoms with van der Waals surface area (Å²) in [7, 11) is 0. The van der Waals surface area contributed by atoms with Crippen molar-refractivity contribution in [3.05, 3.63) is 0 Å². The van der Waals surface area contributed by atoms with E-state index in [1.54, 1.807) is 0 Å². The number of fused-ring (bicyclic) bond motifs is 1. The van der Waals surface area contributed by atoms with Gasteiger partial charge in [-0.3, -0.25) is 0 Å². The lowest BCUT2D eigenvalue weighted by atomic mass is 9.70. The second-order valence-corrected chi connectivity index (χ2v) is 6.26. The van der Waals surface area contributed by atoms with E-state index in [1.165, 1.54) is 0 Å². The summed E-state index contributed by atoms with van der Waals surface area (Å²) in [5.74, 6) is 0. The molecule has 0 spiro atoms. The van der Waals surface area contributed by atoms with Crippen LogP contribution in [0.25, 0.3) is 0 Å². The maximum absolute atomic E-state index is 11.9. The summed E-state index contributed by atoms with van der Waals surface area (Å²) in [6.07, 6.45) is 0.896. The lowest BCUT2D eigenvalue weighted by Gasteiger charge is -2.54. The Labute approximate surface area is 97.3 Å². The van der Waals surface area contributed by atoms with E-state index >= 15 is 0 Å². The van der Waals surface area contributed by atoms with Crippen molar-refractivity contribution in [2.75, 3.05) is 19.6 Å². The van der Waals surface area contributed by atoms with Crippen LogP contribution in [0.4, 0.5) is 4.79 Å². The largest absolute Gasteiger partial charge is 0.444 e. The van der Waals surface area contributed by atoms with E-state index in [0.717, 1.165) is 26.1 Å². The van der Waals surface area contributed by atoms with Gasteiger partial charge in [-0.25, -0.2) is 4.79 Å². The Balaban J connectivity index is 1.90. The third kappa shape index (κ3) is 2.17. The van der Waals surface area contributed by atoms with Gasteiger partial charge in [0.15, 0.2) is 0 Å². The molecule has 4 heteroatoms. The highest BCUT2D eigenvalue weighted by atomic mass is 16.6. The summed E-state index contributed by atoms with van der Waals surface area (Å²) in [6, 6.07) is 0.453. The van der Waals surface area contributed by atoms with E-state index in [4.69, 9.17) is 4.74 Å². The van der Waals surface area contributed by atoms with Gasteiger partial charge in [0.1, 0.15) is 5.60 Å². The van der Waals surface area contributed by atoms with Crippen LogP contribution in [0.5, 0.6) is 0 Å². The molecule has 2 fully saturated rings. The number of nitrogens with one attached hydrogen (secondary N) is 1. The number of carbonyl (C=O) groups is 1. The number of rotatable bonds is 0. The monoisotopic (exact) mass is 226 g/mol. The first-order chi connectivity index (χ1) is 7.30. The summed E-state index contributed by atoms with van der Waals surface area (Å²) in [5, 5.41) is 3.39. The fourth-order valence-corrected chi connectivity index (χ4v) is 2.34. The topological polar surface area (TPSA) is 41.6 Å². The van der Waals surface area contributed by atoms with Crippen molar-refractivity contribution in [1.29, 1.82) is 0 Å². The van der Waals surface area contributed by atoms with Gasteiger partial charge in [0.25, 0.3) is 0 Å². The van der Waals surface area contributed by atoms with Crippen LogP contribution in [-0.2, 0) is 4.74 Å². The van der Waals surface area contributed by atoms with E-state index in [9.17, 15) is 4.79 Å². The Morgan fingerprint density at radius 1 is 1.50 bits per heavy atom. The van der Waals surface area contributed by atoms with E-state index < -0.39 is 5.60 Å². The first-order valence-corrected chi connectivity index (χ1v) is 6.01. The zero-order valence-electron chi connectivity index (χ0n) is 10.7. The van der Waals surface area contributed by atoms with Gasteiger partial charge in [-0.05, 0) is 32.6 Å². The fourth-order valence-electron chi connectivity index (χ4n) is 2.34. The number of carbonyl (C=O) groups excluding carboxylic acids is 1. The molecule has 1 amide bonds. The van der Waals surface area contributed by atoms with Crippen LogP contribution in [0.2, 0.25) is 0 Å². The molecular formula is C12H22N2O2. The van der Waals surface area contributed by atoms with Gasteiger partial charge in [-0.15, -0.1) is 0 Å².